The number of methoxy groups -OCH3 is 1. The van der Waals surface area contributed by atoms with Gasteiger partial charge in [0.15, 0.2) is 6.61 Å². The normalized spacial score (nSPS) is 13.1. The standard InChI is InChI=1S/C15H22N2O6/c1-6-8(2)13(15(20)21-5)16-11(18)7-22-14(19)12-9(3)17-23-10(12)4/h8,13H,6-7H2,1-5H3,(H,16,18). The molecular weight excluding hydrogens is 304 g/mol. The van der Waals surface area contributed by atoms with Gasteiger partial charge < -0.3 is 19.3 Å². The number of nitrogens with zero attached hydrogens (tertiary/aromatic N) is 1. The molecule has 0 radical (unpaired) electrons. The Morgan fingerprint density at radius 1 is 1.30 bits per heavy atom. The molecule has 1 aromatic rings. The molecule has 0 bridgehead atoms. The van der Waals surface area contributed by atoms with Crippen LogP contribution in [-0.2, 0) is 19.1 Å². The topological polar surface area (TPSA) is 108 Å². The minimum absolute atomic E-state index is 0.107. The largest absolute Gasteiger partial charge is 0.467 e. The first-order chi connectivity index (χ1) is 10.8. The molecule has 0 aliphatic carbocycles. The smallest absolute Gasteiger partial charge is 0.344 e. The molecule has 1 aromatic heterocycles. The van der Waals surface area contributed by atoms with Gasteiger partial charge in [-0.25, -0.2) is 9.59 Å². The van der Waals surface area contributed by atoms with Gasteiger partial charge in [-0.05, 0) is 19.8 Å². The fraction of sp³-hybridized carbons (Fsp3) is 0.600. The molecule has 0 fully saturated rings. The van der Waals surface area contributed by atoms with Crippen molar-refractivity contribution in [2.75, 3.05) is 13.7 Å². The van der Waals surface area contributed by atoms with Gasteiger partial charge in [0.05, 0.1) is 12.8 Å². The SMILES string of the molecule is CCC(C)C(NC(=O)COC(=O)c1c(C)noc1C)C(=O)OC. The summed E-state index contributed by atoms with van der Waals surface area (Å²) in [6.07, 6.45) is 0.679. The lowest BCUT2D eigenvalue weighted by molar-refractivity contribution is -0.147. The maximum atomic E-state index is 11.9. The molecule has 1 N–H and O–H groups in total. The van der Waals surface area contributed by atoms with Crippen molar-refractivity contribution in [1.82, 2.24) is 10.5 Å². The number of carbonyl (C=O) groups excluding carboxylic acids is 3. The van der Waals surface area contributed by atoms with Crippen LogP contribution < -0.4 is 5.32 Å². The predicted octanol–water partition coefficient (Wildman–Crippen LogP) is 1.15. The van der Waals surface area contributed by atoms with Crippen molar-refractivity contribution < 1.29 is 28.4 Å². The third-order valence-corrected chi connectivity index (χ3v) is 3.56. The van der Waals surface area contributed by atoms with Gasteiger partial charge in [-0.3, -0.25) is 4.79 Å². The summed E-state index contributed by atoms with van der Waals surface area (Å²) in [5.41, 5.74) is 0.587. The zero-order valence-electron chi connectivity index (χ0n) is 14.0. The van der Waals surface area contributed by atoms with Crippen molar-refractivity contribution in [3.05, 3.63) is 17.0 Å². The van der Waals surface area contributed by atoms with E-state index in [1.807, 2.05) is 13.8 Å². The number of amides is 1. The van der Waals surface area contributed by atoms with Crippen molar-refractivity contribution in [1.29, 1.82) is 0 Å². The molecule has 0 saturated carbocycles. The molecule has 8 heteroatoms. The number of hydrogen-bond acceptors (Lipinski definition) is 7. The fourth-order valence-electron chi connectivity index (χ4n) is 1.99. The molecule has 2 atom stereocenters. The van der Waals surface area contributed by atoms with Gasteiger partial charge in [0.2, 0.25) is 0 Å². The molecule has 0 spiro atoms. The molecule has 23 heavy (non-hydrogen) atoms. The molecule has 128 valence electrons. The number of ether oxygens (including phenoxy) is 2. The highest BCUT2D eigenvalue weighted by Gasteiger charge is 2.27. The van der Waals surface area contributed by atoms with Crippen LogP contribution in [0.1, 0.15) is 42.1 Å². The van der Waals surface area contributed by atoms with Crippen molar-refractivity contribution in [2.45, 2.75) is 40.2 Å². The van der Waals surface area contributed by atoms with E-state index in [2.05, 4.69) is 15.2 Å². The first-order valence-corrected chi connectivity index (χ1v) is 7.28. The average Bonchev–Trinajstić information content (AvgIpc) is 2.87. The number of aryl methyl sites for hydroxylation is 2. The quantitative estimate of drug-likeness (QED) is 0.749. The van der Waals surface area contributed by atoms with Crippen LogP contribution >= 0.6 is 0 Å². The molecule has 8 nitrogen and oxygen atoms in total. The summed E-state index contributed by atoms with van der Waals surface area (Å²) < 4.78 is 14.5. The zero-order chi connectivity index (χ0) is 17.6. The van der Waals surface area contributed by atoms with E-state index in [4.69, 9.17) is 9.26 Å². The van der Waals surface area contributed by atoms with Crippen LogP contribution in [0, 0.1) is 19.8 Å². The van der Waals surface area contributed by atoms with Gasteiger partial charge in [-0.1, -0.05) is 25.4 Å². The minimum Gasteiger partial charge on any atom is -0.467 e. The molecule has 2 unspecified atom stereocenters. The second-order valence-corrected chi connectivity index (χ2v) is 5.23. The third kappa shape index (κ3) is 4.80. The Bertz CT molecular complexity index is 561. The highest BCUT2D eigenvalue weighted by Crippen LogP contribution is 2.13. The first kappa shape index (κ1) is 18.7. The van der Waals surface area contributed by atoms with Gasteiger partial charge in [-0.15, -0.1) is 0 Å². The monoisotopic (exact) mass is 326 g/mol. The maximum absolute atomic E-state index is 11.9. The zero-order valence-corrected chi connectivity index (χ0v) is 14.0. The van der Waals surface area contributed by atoms with Gasteiger partial charge in [0, 0.05) is 0 Å². The van der Waals surface area contributed by atoms with Crippen molar-refractivity contribution in [3.8, 4) is 0 Å². The van der Waals surface area contributed by atoms with E-state index in [0.29, 0.717) is 17.9 Å². The molecule has 0 saturated heterocycles. The van der Waals surface area contributed by atoms with Gasteiger partial charge in [0.25, 0.3) is 5.91 Å². The van der Waals surface area contributed by atoms with Crippen LogP contribution in [0.15, 0.2) is 4.52 Å². The van der Waals surface area contributed by atoms with Crippen LogP contribution in [-0.4, -0.2) is 42.8 Å². The lowest BCUT2D eigenvalue weighted by Gasteiger charge is -2.21. The molecule has 0 aromatic carbocycles. The lowest BCUT2D eigenvalue weighted by Crippen LogP contribution is -2.47. The van der Waals surface area contributed by atoms with E-state index in [-0.39, 0.29) is 11.5 Å². The van der Waals surface area contributed by atoms with Crippen LogP contribution in [0.4, 0.5) is 0 Å². The third-order valence-electron chi connectivity index (χ3n) is 3.56. The van der Waals surface area contributed by atoms with Crippen LogP contribution in [0.2, 0.25) is 0 Å². The van der Waals surface area contributed by atoms with E-state index in [9.17, 15) is 14.4 Å². The van der Waals surface area contributed by atoms with E-state index in [1.54, 1.807) is 13.8 Å². The van der Waals surface area contributed by atoms with Crippen LogP contribution in [0.5, 0.6) is 0 Å². The summed E-state index contributed by atoms with van der Waals surface area (Å²) in [6, 6.07) is -0.782. The second kappa shape index (κ2) is 8.30. The maximum Gasteiger partial charge on any atom is 0.344 e. The Labute approximate surface area is 134 Å². The summed E-state index contributed by atoms with van der Waals surface area (Å²) in [4.78, 5) is 35.5. The Hall–Kier alpha value is -2.38. The van der Waals surface area contributed by atoms with Crippen molar-refractivity contribution in [2.24, 2.45) is 5.92 Å². The van der Waals surface area contributed by atoms with Crippen molar-refractivity contribution >= 4 is 17.8 Å². The van der Waals surface area contributed by atoms with E-state index < -0.39 is 30.5 Å². The summed E-state index contributed by atoms with van der Waals surface area (Å²) in [7, 11) is 1.25. The number of aromatic nitrogens is 1. The number of rotatable bonds is 7. The molecule has 0 aliphatic rings. The highest BCUT2D eigenvalue weighted by molar-refractivity contribution is 5.93. The number of hydrogen-bond donors (Lipinski definition) is 1. The minimum atomic E-state index is -0.782. The first-order valence-electron chi connectivity index (χ1n) is 7.28. The number of nitrogens with one attached hydrogen (secondary N) is 1. The van der Waals surface area contributed by atoms with E-state index >= 15 is 0 Å². The van der Waals surface area contributed by atoms with Gasteiger partial charge in [0.1, 0.15) is 17.4 Å². The Morgan fingerprint density at radius 2 is 1.96 bits per heavy atom. The van der Waals surface area contributed by atoms with E-state index in [0.717, 1.165) is 0 Å². The Balaban J connectivity index is 2.62. The van der Waals surface area contributed by atoms with Crippen LogP contribution in [0.3, 0.4) is 0 Å². The molecule has 1 rings (SSSR count). The lowest BCUT2D eigenvalue weighted by atomic mass is 9.99. The summed E-state index contributed by atoms with van der Waals surface area (Å²) in [5.74, 6) is -1.61. The summed E-state index contributed by atoms with van der Waals surface area (Å²) in [5, 5.41) is 6.16. The highest BCUT2D eigenvalue weighted by atomic mass is 16.5. The average molecular weight is 326 g/mol. The summed E-state index contributed by atoms with van der Waals surface area (Å²) >= 11 is 0. The molecule has 0 aliphatic heterocycles. The second-order valence-electron chi connectivity index (χ2n) is 5.23. The molecule has 1 amide bonds. The van der Waals surface area contributed by atoms with E-state index in [1.165, 1.54) is 7.11 Å². The number of esters is 2. The predicted molar refractivity (Wildman–Crippen MR) is 79.7 cm³/mol. The van der Waals surface area contributed by atoms with Gasteiger partial charge in [-0.2, -0.15) is 0 Å². The van der Waals surface area contributed by atoms with Crippen molar-refractivity contribution in [3.63, 3.8) is 0 Å². The fourth-order valence-corrected chi connectivity index (χ4v) is 1.99. The Kier molecular flexibility index (Phi) is 6.74. The van der Waals surface area contributed by atoms with Crippen LogP contribution in [0.25, 0.3) is 0 Å². The number of carbonyl (C=O) groups is 3. The van der Waals surface area contributed by atoms with Gasteiger partial charge >= 0.3 is 11.9 Å². The molecule has 1 heterocycles. The Morgan fingerprint density at radius 3 is 2.43 bits per heavy atom. The summed E-state index contributed by atoms with van der Waals surface area (Å²) in [6.45, 7) is 6.38. The molecular formula is C15H22N2O6.